The Balaban J connectivity index is 1.44. The molecular weight excluding hydrogens is 354 g/mol. The molecule has 1 saturated heterocycles. The van der Waals surface area contributed by atoms with Crippen molar-refractivity contribution >= 4 is 17.2 Å². The smallest absolute Gasteiger partial charge is 0.257 e. The zero-order chi connectivity index (χ0) is 18.1. The van der Waals surface area contributed by atoms with E-state index in [0.29, 0.717) is 41.9 Å². The average Bonchev–Trinajstić information content (AvgIpc) is 3.31. The predicted molar refractivity (Wildman–Crippen MR) is 95.8 cm³/mol. The third kappa shape index (κ3) is 2.92. The van der Waals surface area contributed by atoms with Crippen molar-refractivity contribution in [2.24, 2.45) is 0 Å². The first-order chi connectivity index (χ1) is 12.7. The van der Waals surface area contributed by atoms with E-state index in [1.54, 1.807) is 41.5 Å². The van der Waals surface area contributed by atoms with E-state index in [-0.39, 0.29) is 11.8 Å². The van der Waals surface area contributed by atoms with Crippen LogP contribution in [0.4, 0.5) is 0 Å². The molecule has 0 N–H and O–H groups in total. The van der Waals surface area contributed by atoms with Crippen LogP contribution in [0.1, 0.15) is 22.2 Å². The normalized spacial score (nSPS) is 14.2. The van der Waals surface area contributed by atoms with Gasteiger partial charge < -0.3 is 18.9 Å². The van der Waals surface area contributed by atoms with Crippen molar-refractivity contribution in [3.8, 4) is 22.9 Å². The van der Waals surface area contributed by atoms with Crippen molar-refractivity contribution < 1.29 is 18.8 Å². The highest BCUT2D eigenvalue weighted by molar-refractivity contribution is 7.08. The number of likely N-dealkylation sites (tertiary alicyclic amines) is 1. The molecule has 3 aromatic rings. The van der Waals surface area contributed by atoms with Gasteiger partial charge in [-0.2, -0.15) is 16.3 Å². The first-order valence-electron chi connectivity index (χ1n) is 8.07. The van der Waals surface area contributed by atoms with Gasteiger partial charge in [0.05, 0.1) is 25.7 Å². The van der Waals surface area contributed by atoms with Crippen LogP contribution in [0.15, 0.2) is 39.5 Å². The second-order valence-corrected chi connectivity index (χ2v) is 6.72. The van der Waals surface area contributed by atoms with Crippen LogP contribution >= 0.6 is 11.3 Å². The van der Waals surface area contributed by atoms with Crippen molar-refractivity contribution in [3.63, 3.8) is 0 Å². The number of carbonyl (C=O) groups excluding carboxylic acids is 1. The van der Waals surface area contributed by atoms with Gasteiger partial charge in [-0.1, -0.05) is 5.16 Å². The number of hydrogen-bond donors (Lipinski definition) is 0. The third-order valence-electron chi connectivity index (χ3n) is 4.38. The maximum Gasteiger partial charge on any atom is 0.257 e. The summed E-state index contributed by atoms with van der Waals surface area (Å²) in [7, 11) is 3.11. The standard InChI is InChI=1S/C18H17N3O4S/c1-23-13-3-4-14(15(7-13)24-2)18(22)21-8-12(9-21)17-19-16(20-25-17)11-5-6-26-10-11/h3-7,10,12H,8-9H2,1-2H3. The lowest BCUT2D eigenvalue weighted by Gasteiger charge is -2.37. The quantitative estimate of drug-likeness (QED) is 0.686. The molecule has 0 radical (unpaired) electrons. The first-order valence-corrected chi connectivity index (χ1v) is 9.01. The number of aromatic nitrogens is 2. The summed E-state index contributed by atoms with van der Waals surface area (Å²) < 4.78 is 15.9. The van der Waals surface area contributed by atoms with E-state index in [2.05, 4.69) is 10.1 Å². The van der Waals surface area contributed by atoms with Gasteiger partial charge >= 0.3 is 0 Å². The lowest BCUT2D eigenvalue weighted by molar-refractivity contribution is 0.0566. The van der Waals surface area contributed by atoms with Gasteiger partial charge in [-0.25, -0.2) is 0 Å². The van der Waals surface area contributed by atoms with Crippen LogP contribution in [0, 0.1) is 0 Å². The summed E-state index contributed by atoms with van der Waals surface area (Å²) in [6.07, 6.45) is 0. The summed E-state index contributed by atoms with van der Waals surface area (Å²) >= 11 is 1.58. The molecule has 0 unspecified atom stereocenters. The van der Waals surface area contributed by atoms with Gasteiger partial charge in [-0.3, -0.25) is 4.79 Å². The minimum atomic E-state index is -0.0849. The van der Waals surface area contributed by atoms with Gasteiger partial charge in [-0.15, -0.1) is 0 Å². The largest absolute Gasteiger partial charge is 0.497 e. The maximum atomic E-state index is 12.7. The predicted octanol–water partition coefficient (Wildman–Crippen LogP) is 3.05. The second kappa shape index (κ2) is 6.80. The molecule has 8 heteroatoms. The van der Waals surface area contributed by atoms with E-state index in [9.17, 15) is 4.79 Å². The Morgan fingerprint density at radius 3 is 2.81 bits per heavy atom. The third-order valence-corrected chi connectivity index (χ3v) is 5.06. The maximum absolute atomic E-state index is 12.7. The molecule has 26 heavy (non-hydrogen) atoms. The monoisotopic (exact) mass is 371 g/mol. The number of ether oxygens (including phenoxy) is 2. The van der Waals surface area contributed by atoms with Crippen molar-refractivity contribution in [2.45, 2.75) is 5.92 Å². The molecule has 0 aliphatic carbocycles. The van der Waals surface area contributed by atoms with Crippen molar-refractivity contribution in [1.82, 2.24) is 15.0 Å². The molecule has 4 rings (SSSR count). The molecule has 134 valence electrons. The van der Waals surface area contributed by atoms with Gasteiger partial charge in [0.15, 0.2) is 0 Å². The number of rotatable bonds is 5. The van der Waals surface area contributed by atoms with E-state index in [4.69, 9.17) is 14.0 Å². The van der Waals surface area contributed by atoms with Gasteiger partial charge in [0.2, 0.25) is 11.7 Å². The lowest BCUT2D eigenvalue weighted by Crippen LogP contribution is -2.48. The van der Waals surface area contributed by atoms with Crippen LogP contribution in [0.5, 0.6) is 11.5 Å². The number of amides is 1. The van der Waals surface area contributed by atoms with E-state index in [0.717, 1.165) is 5.56 Å². The molecule has 1 aromatic carbocycles. The Kier molecular flexibility index (Phi) is 4.34. The zero-order valence-corrected chi connectivity index (χ0v) is 15.2. The molecule has 3 heterocycles. The van der Waals surface area contributed by atoms with Gasteiger partial charge in [0.1, 0.15) is 11.5 Å². The fourth-order valence-electron chi connectivity index (χ4n) is 2.86. The Bertz CT molecular complexity index is 916. The summed E-state index contributed by atoms with van der Waals surface area (Å²) in [6, 6.07) is 7.12. The fourth-order valence-corrected chi connectivity index (χ4v) is 3.49. The summed E-state index contributed by atoms with van der Waals surface area (Å²) in [5.41, 5.74) is 1.46. The molecule has 2 aromatic heterocycles. The van der Waals surface area contributed by atoms with Crippen LogP contribution in [0.2, 0.25) is 0 Å². The molecule has 1 fully saturated rings. The number of benzene rings is 1. The van der Waals surface area contributed by atoms with Crippen LogP contribution in [-0.4, -0.2) is 48.3 Å². The summed E-state index contributed by atoms with van der Waals surface area (Å²) in [5.74, 6) is 2.27. The molecular formula is C18H17N3O4S. The Labute approximate surface area is 154 Å². The molecule has 7 nitrogen and oxygen atoms in total. The van der Waals surface area contributed by atoms with Gasteiger partial charge in [-0.05, 0) is 23.6 Å². The van der Waals surface area contributed by atoms with Gasteiger partial charge in [0, 0.05) is 30.1 Å². The SMILES string of the molecule is COc1ccc(C(=O)N2CC(c3nc(-c4ccsc4)no3)C2)c(OC)c1. The minimum absolute atomic E-state index is 0.0584. The summed E-state index contributed by atoms with van der Waals surface area (Å²) in [6.45, 7) is 1.08. The molecule has 0 spiro atoms. The second-order valence-electron chi connectivity index (χ2n) is 5.94. The van der Waals surface area contributed by atoms with E-state index < -0.39 is 0 Å². The summed E-state index contributed by atoms with van der Waals surface area (Å²) in [5, 5.41) is 7.96. The molecule has 1 aliphatic heterocycles. The topological polar surface area (TPSA) is 77.7 Å². The molecule has 0 bridgehead atoms. The van der Waals surface area contributed by atoms with Crippen LogP contribution in [0.25, 0.3) is 11.4 Å². The van der Waals surface area contributed by atoms with Crippen LogP contribution in [-0.2, 0) is 0 Å². The molecule has 0 atom stereocenters. The number of carbonyl (C=O) groups is 1. The Hall–Kier alpha value is -2.87. The van der Waals surface area contributed by atoms with Gasteiger partial charge in [0.25, 0.3) is 5.91 Å². The Morgan fingerprint density at radius 2 is 2.12 bits per heavy atom. The van der Waals surface area contributed by atoms with Crippen molar-refractivity contribution in [1.29, 1.82) is 0 Å². The Morgan fingerprint density at radius 1 is 1.27 bits per heavy atom. The van der Waals surface area contributed by atoms with E-state index in [1.807, 2.05) is 16.8 Å². The molecule has 0 saturated carbocycles. The molecule has 1 aliphatic rings. The average molecular weight is 371 g/mol. The highest BCUT2D eigenvalue weighted by Gasteiger charge is 2.37. The number of thiophene rings is 1. The van der Waals surface area contributed by atoms with Crippen molar-refractivity contribution in [2.75, 3.05) is 27.3 Å². The van der Waals surface area contributed by atoms with Crippen LogP contribution in [0.3, 0.4) is 0 Å². The highest BCUT2D eigenvalue weighted by Crippen LogP contribution is 2.32. The highest BCUT2D eigenvalue weighted by atomic mass is 32.1. The number of methoxy groups -OCH3 is 2. The number of nitrogens with zero attached hydrogens (tertiary/aromatic N) is 3. The van der Waals surface area contributed by atoms with Crippen molar-refractivity contribution in [3.05, 3.63) is 46.5 Å². The first kappa shape index (κ1) is 16.6. The summed E-state index contributed by atoms with van der Waals surface area (Å²) in [4.78, 5) is 18.9. The minimum Gasteiger partial charge on any atom is -0.497 e. The van der Waals surface area contributed by atoms with E-state index >= 15 is 0 Å². The van der Waals surface area contributed by atoms with E-state index in [1.165, 1.54) is 7.11 Å². The number of hydrogen-bond acceptors (Lipinski definition) is 7. The lowest BCUT2D eigenvalue weighted by atomic mass is 9.98. The van der Waals surface area contributed by atoms with Crippen LogP contribution < -0.4 is 9.47 Å². The fraction of sp³-hybridized carbons (Fsp3) is 0.278. The molecule has 1 amide bonds. The zero-order valence-electron chi connectivity index (χ0n) is 14.3.